The third kappa shape index (κ3) is 38.6. The summed E-state index contributed by atoms with van der Waals surface area (Å²) in [6.07, 6.45) is 52.2. The molecule has 0 aliphatic rings. The van der Waals surface area contributed by atoms with Crippen LogP contribution >= 0.6 is 0 Å². The van der Waals surface area contributed by atoms with Crippen LogP contribution in [0.3, 0.4) is 0 Å². The van der Waals surface area contributed by atoms with Gasteiger partial charge in [-0.25, -0.2) is 0 Å². The van der Waals surface area contributed by atoms with Gasteiger partial charge >= 0.3 is 11.9 Å². The second kappa shape index (κ2) is 39.6. The van der Waals surface area contributed by atoms with Crippen molar-refractivity contribution in [3.8, 4) is 0 Å². The van der Waals surface area contributed by atoms with Crippen molar-refractivity contribution in [2.75, 3.05) is 0 Å². The first-order valence-corrected chi connectivity index (χ1v) is 21.0. The van der Waals surface area contributed by atoms with E-state index in [1.54, 1.807) is 0 Å². The molecule has 0 saturated heterocycles. The van der Waals surface area contributed by atoms with Crippen LogP contribution in [0, 0.1) is 0 Å². The number of hydrogen-bond donors (Lipinski definition) is 1. The van der Waals surface area contributed by atoms with E-state index < -0.39 is 5.97 Å². The molecule has 0 bridgehead atoms. The number of carboxylic acid groups (broad SMARTS) is 1. The van der Waals surface area contributed by atoms with E-state index in [0.29, 0.717) is 12.8 Å². The largest absolute Gasteiger partial charge is 0.481 e. The molecule has 0 aromatic carbocycles. The summed E-state index contributed by atoms with van der Waals surface area (Å²) in [6.45, 7) is 4.39. The highest BCUT2D eigenvalue weighted by atomic mass is 16.5. The molecule has 1 N–H and O–H groups in total. The molecule has 1 atom stereocenters. The molecule has 0 amide bonds. The number of rotatable bonds is 38. The summed E-state index contributed by atoms with van der Waals surface area (Å²) < 4.78 is 5.95. The van der Waals surface area contributed by atoms with Crippen molar-refractivity contribution in [1.29, 1.82) is 0 Å². The Bertz CT molecular complexity index is 768. The quantitative estimate of drug-likeness (QED) is 0.0403. The Morgan fingerprint density at radius 3 is 1.35 bits per heavy atom. The Labute approximate surface area is 299 Å². The summed E-state index contributed by atoms with van der Waals surface area (Å²) in [7, 11) is 0. The predicted molar refractivity (Wildman–Crippen MR) is 209 cm³/mol. The van der Waals surface area contributed by atoms with Crippen molar-refractivity contribution in [3.05, 3.63) is 36.5 Å². The molecule has 1 unspecified atom stereocenters. The van der Waals surface area contributed by atoms with Crippen LogP contribution in [-0.4, -0.2) is 23.1 Å². The van der Waals surface area contributed by atoms with Crippen LogP contribution in [0.5, 0.6) is 0 Å². The van der Waals surface area contributed by atoms with Gasteiger partial charge in [-0.05, 0) is 64.2 Å². The lowest BCUT2D eigenvalue weighted by molar-refractivity contribution is -0.150. The standard InChI is InChI=1S/C44H80O4/c1-3-5-7-8-9-10-11-12-13-14-19-22-25-28-31-34-37-41-44(47)48-42(38-6-4-2)39-35-32-29-26-23-20-17-15-16-18-21-24-27-30-33-36-40-43(45)46/h5,7,9-10,12-13,42H,3-4,6,8,11,14-41H2,1-2H3,(H,45,46)/b7-5-,10-9-,13-12-. The van der Waals surface area contributed by atoms with Crippen molar-refractivity contribution < 1.29 is 19.4 Å². The van der Waals surface area contributed by atoms with Crippen LogP contribution in [0.4, 0.5) is 0 Å². The molecule has 48 heavy (non-hydrogen) atoms. The van der Waals surface area contributed by atoms with Crippen LogP contribution in [-0.2, 0) is 14.3 Å². The summed E-state index contributed by atoms with van der Waals surface area (Å²) in [5.74, 6) is -0.633. The van der Waals surface area contributed by atoms with E-state index in [4.69, 9.17) is 9.84 Å². The predicted octanol–water partition coefficient (Wildman–Crippen LogP) is 14.6. The normalized spacial score (nSPS) is 12.5. The first-order chi connectivity index (χ1) is 23.6. The van der Waals surface area contributed by atoms with Crippen LogP contribution < -0.4 is 0 Å². The topological polar surface area (TPSA) is 63.6 Å². The molecule has 0 saturated carbocycles. The van der Waals surface area contributed by atoms with Crippen LogP contribution in [0.2, 0.25) is 0 Å². The minimum absolute atomic E-state index is 0.0307. The van der Waals surface area contributed by atoms with Crippen LogP contribution in [0.15, 0.2) is 36.5 Å². The average molecular weight is 673 g/mol. The molecule has 0 aromatic rings. The number of carbonyl (C=O) groups excluding carboxylic acids is 1. The molecule has 280 valence electrons. The molecule has 0 aliphatic carbocycles. The van der Waals surface area contributed by atoms with Gasteiger partial charge in [0.25, 0.3) is 0 Å². The van der Waals surface area contributed by atoms with E-state index in [2.05, 4.69) is 50.3 Å². The number of carboxylic acids is 1. The maximum atomic E-state index is 12.5. The molecule has 4 heteroatoms. The van der Waals surface area contributed by atoms with Crippen molar-refractivity contribution in [3.63, 3.8) is 0 Å². The van der Waals surface area contributed by atoms with Crippen molar-refractivity contribution >= 4 is 11.9 Å². The van der Waals surface area contributed by atoms with E-state index in [1.165, 1.54) is 128 Å². The maximum Gasteiger partial charge on any atom is 0.306 e. The van der Waals surface area contributed by atoms with E-state index in [0.717, 1.165) is 70.6 Å². The molecule has 0 radical (unpaired) electrons. The smallest absolute Gasteiger partial charge is 0.306 e. The van der Waals surface area contributed by atoms with Crippen LogP contribution in [0.1, 0.15) is 226 Å². The first-order valence-electron chi connectivity index (χ1n) is 21.0. The van der Waals surface area contributed by atoms with Gasteiger partial charge in [0.15, 0.2) is 0 Å². The fraction of sp³-hybridized carbons (Fsp3) is 0.818. The van der Waals surface area contributed by atoms with Gasteiger partial charge in [-0.3, -0.25) is 9.59 Å². The number of ether oxygens (including phenoxy) is 1. The van der Waals surface area contributed by atoms with Gasteiger partial charge in [0.2, 0.25) is 0 Å². The molecule has 0 fully saturated rings. The second-order valence-electron chi connectivity index (χ2n) is 14.2. The lowest BCUT2D eigenvalue weighted by Gasteiger charge is -2.18. The van der Waals surface area contributed by atoms with Crippen molar-refractivity contribution in [1.82, 2.24) is 0 Å². The Balaban J connectivity index is 3.62. The van der Waals surface area contributed by atoms with Gasteiger partial charge in [-0.2, -0.15) is 0 Å². The number of hydrogen-bond acceptors (Lipinski definition) is 3. The molecule has 0 aliphatic heterocycles. The van der Waals surface area contributed by atoms with Crippen LogP contribution in [0.25, 0.3) is 0 Å². The zero-order valence-corrected chi connectivity index (χ0v) is 32.0. The lowest BCUT2D eigenvalue weighted by Crippen LogP contribution is -2.18. The van der Waals surface area contributed by atoms with Gasteiger partial charge in [-0.15, -0.1) is 0 Å². The zero-order chi connectivity index (χ0) is 35.0. The number of allylic oxidation sites excluding steroid dienone is 6. The highest BCUT2D eigenvalue weighted by Crippen LogP contribution is 2.18. The summed E-state index contributed by atoms with van der Waals surface area (Å²) in [5.41, 5.74) is 0. The van der Waals surface area contributed by atoms with Crippen molar-refractivity contribution in [2.24, 2.45) is 0 Å². The fourth-order valence-electron chi connectivity index (χ4n) is 6.30. The SMILES string of the molecule is CC/C=C\C/C=C\C/C=C\CCCCCCCCCC(=O)OC(CCCC)CCCCCCCCCCCCCCCCCCC(=O)O. The Kier molecular flexibility index (Phi) is 38.1. The third-order valence-corrected chi connectivity index (χ3v) is 9.38. The number of unbranched alkanes of at least 4 members (excludes halogenated alkanes) is 23. The highest BCUT2D eigenvalue weighted by Gasteiger charge is 2.14. The molecule has 4 nitrogen and oxygen atoms in total. The Hall–Kier alpha value is -1.84. The monoisotopic (exact) mass is 673 g/mol. The van der Waals surface area contributed by atoms with Gasteiger partial charge in [0.1, 0.15) is 6.10 Å². The second-order valence-corrected chi connectivity index (χ2v) is 14.2. The average Bonchev–Trinajstić information content (AvgIpc) is 3.07. The van der Waals surface area contributed by atoms with Gasteiger partial charge in [0.05, 0.1) is 0 Å². The van der Waals surface area contributed by atoms with Gasteiger partial charge in [-0.1, -0.05) is 185 Å². The Morgan fingerprint density at radius 1 is 0.479 bits per heavy atom. The minimum atomic E-state index is -0.663. The molecule has 0 aromatic heterocycles. The molecule has 0 heterocycles. The molecular weight excluding hydrogens is 592 g/mol. The van der Waals surface area contributed by atoms with E-state index in [-0.39, 0.29) is 12.1 Å². The zero-order valence-electron chi connectivity index (χ0n) is 32.0. The molecule has 0 rings (SSSR count). The summed E-state index contributed by atoms with van der Waals surface area (Å²) >= 11 is 0. The molecular formula is C44H80O4. The third-order valence-electron chi connectivity index (χ3n) is 9.38. The lowest BCUT2D eigenvalue weighted by atomic mass is 10.0. The van der Waals surface area contributed by atoms with Crippen molar-refractivity contribution in [2.45, 2.75) is 232 Å². The number of carbonyl (C=O) groups is 2. The first kappa shape index (κ1) is 46.2. The van der Waals surface area contributed by atoms with Gasteiger partial charge < -0.3 is 9.84 Å². The summed E-state index contributed by atoms with van der Waals surface area (Å²) in [6, 6.07) is 0. The number of esters is 1. The van der Waals surface area contributed by atoms with E-state index in [9.17, 15) is 9.59 Å². The fourth-order valence-corrected chi connectivity index (χ4v) is 6.30. The summed E-state index contributed by atoms with van der Waals surface area (Å²) in [5, 5.41) is 8.67. The minimum Gasteiger partial charge on any atom is -0.481 e. The van der Waals surface area contributed by atoms with E-state index in [1.807, 2.05) is 0 Å². The maximum absolute atomic E-state index is 12.5. The summed E-state index contributed by atoms with van der Waals surface area (Å²) in [4.78, 5) is 23.0. The molecule has 0 spiro atoms. The number of aliphatic carboxylic acids is 1. The Morgan fingerprint density at radius 2 is 0.875 bits per heavy atom. The highest BCUT2D eigenvalue weighted by molar-refractivity contribution is 5.69. The van der Waals surface area contributed by atoms with E-state index >= 15 is 0 Å². The van der Waals surface area contributed by atoms with Gasteiger partial charge in [0, 0.05) is 12.8 Å².